The predicted octanol–water partition coefficient (Wildman–Crippen LogP) is 1.18. The van der Waals surface area contributed by atoms with Crippen molar-refractivity contribution in [2.45, 2.75) is 5.92 Å². The van der Waals surface area contributed by atoms with Crippen molar-refractivity contribution in [3.05, 3.63) is 30.1 Å². The van der Waals surface area contributed by atoms with Crippen molar-refractivity contribution in [1.82, 2.24) is 4.98 Å². The van der Waals surface area contributed by atoms with E-state index >= 15 is 0 Å². The highest BCUT2D eigenvalue weighted by atomic mass is 16.6. The summed E-state index contributed by atoms with van der Waals surface area (Å²) in [6.45, 7) is 0.622. The first-order valence-corrected chi connectivity index (χ1v) is 3.53. The van der Waals surface area contributed by atoms with Gasteiger partial charge in [0.05, 0.1) is 17.8 Å². The number of aromatic nitrogens is 1. The van der Waals surface area contributed by atoms with Gasteiger partial charge in [-0.25, -0.2) is 0 Å². The first kappa shape index (κ1) is 6.34. The highest BCUT2D eigenvalue weighted by Gasteiger charge is 2.14. The largest absolute Gasteiger partial charge is 0.395 e. The van der Waals surface area contributed by atoms with E-state index in [4.69, 9.17) is 4.84 Å². The van der Waals surface area contributed by atoms with E-state index in [1.54, 1.807) is 12.4 Å². The maximum absolute atomic E-state index is 4.84. The molecule has 2 heterocycles. The molecule has 1 aliphatic heterocycles. The van der Waals surface area contributed by atoms with Crippen LogP contribution in [0.2, 0.25) is 0 Å². The minimum absolute atomic E-state index is 0.246. The molecule has 0 saturated carbocycles. The number of pyridine rings is 1. The molecule has 11 heavy (non-hydrogen) atoms. The molecule has 0 aliphatic carbocycles. The average Bonchev–Trinajstić information content (AvgIpc) is 2.58. The van der Waals surface area contributed by atoms with Crippen molar-refractivity contribution >= 4 is 6.21 Å². The lowest BCUT2D eigenvalue weighted by Crippen LogP contribution is -2.02. The van der Waals surface area contributed by atoms with Gasteiger partial charge in [0.15, 0.2) is 0 Å². The van der Waals surface area contributed by atoms with Crippen LogP contribution < -0.4 is 0 Å². The summed E-state index contributed by atoms with van der Waals surface area (Å²) < 4.78 is 0. The molecule has 0 bridgehead atoms. The lowest BCUT2D eigenvalue weighted by Gasteiger charge is -2.01. The monoisotopic (exact) mass is 148 g/mol. The van der Waals surface area contributed by atoms with Gasteiger partial charge in [-0.3, -0.25) is 4.98 Å². The molecule has 1 aliphatic rings. The van der Waals surface area contributed by atoms with Crippen LogP contribution in [0.5, 0.6) is 0 Å². The number of hydrogen-bond acceptors (Lipinski definition) is 3. The number of rotatable bonds is 1. The van der Waals surface area contributed by atoms with E-state index in [9.17, 15) is 0 Å². The second-order valence-corrected chi connectivity index (χ2v) is 2.41. The minimum atomic E-state index is 0.246. The molecule has 56 valence electrons. The Balaban J connectivity index is 2.23. The van der Waals surface area contributed by atoms with Crippen molar-refractivity contribution in [2.24, 2.45) is 5.16 Å². The summed E-state index contributed by atoms with van der Waals surface area (Å²) in [7, 11) is 0. The molecular formula is C8H8N2O. The normalized spacial score (nSPS) is 21.6. The van der Waals surface area contributed by atoms with Gasteiger partial charge in [0.25, 0.3) is 0 Å². The second-order valence-electron chi connectivity index (χ2n) is 2.41. The van der Waals surface area contributed by atoms with Crippen LogP contribution in [0.3, 0.4) is 0 Å². The molecule has 0 saturated heterocycles. The molecule has 1 atom stereocenters. The fraction of sp³-hybridized carbons (Fsp3) is 0.250. The van der Waals surface area contributed by atoms with Gasteiger partial charge in [0, 0.05) is 6.20 Å². The fourth-order valence-corrected chi connectivity index (χ4v) is 1.04. The Labute approximate surface area is 64.7 Å². The third-order valence-corrected chi connectivity index (χ3v) is 1.64. The van der Waals surface area contributed by atoms with E-state index in [1.165, 1.54) is 0 Å². The first-order chi connectivity index (χ1) is 5.47. The summed E-state index contributed by atoms with van der Waals surface area (Å²) >= 11 is 0. The molecule has 3 heteroatoms. The van der Waals surface area contributed by atoms with Crippen LogP contribution in [-0.2, 0) is 4.84 Å². The van der Waals surface area contributed by atoms with Crippen molar-refractivity contribution in [1.29, 1.82) is 0 Å². The van der Waals surface area contributed by atoms with E-state index in [2.05, 4.69) is 10.1 Å². The first-order valence-electron chi connectivity index (χ1n) is 3.53. The fourth-order valence-electron chi connectivity index (χ4n) is 1.04. The van der Waals surface area contributed by atoms with E-state index < -0.39 is 0 Å². The molecule has 0 fully saturated rings. The highest BCUT2D eigenvalue weighted by Crippen LogP contribution is 2.14. The SMILES string of the molecule is C1=NOCC1c1ccccn1. The summed E-state index contributed by atoms with van der Waals surface area (Å²) in [6.07, 6.45) is 3.56. The second kappa shape index (κ2) is 2.70. The van der Waals surface area contributed by atoms with Crippen LogP contribution >= 0.6 is 0 Å². The summed E-state index contributed by atoms with van der Waals surface area (Å²) in [5.41, 5.74) is 1.02. The summed E-state index contributed by atoms with van der Waals surface area (Å²) in [5.74, 6) is 0.246. The molecule has 0 aromatic carbocycles. The summed E-state index contributed by atoms with van der Waals surface area (Å²) in [5, 5.41) is 3.68. The van der Waals surface area contributed by atoms with Crippen molar-refractivity contribution in [2.75, 3.05) is 6.61 Å². The standard InChI is InChI=1S/C8H8N2O/c1-2-4-9-8(3-1)7-5-10-11-6-7/h1-5,7H,6H2. The molecule has 3 nitrogen and oxygen atoms in total. The molecule has 0 N–H and O–H groups in total. The van der Waals surface area contributed by atoms with Crippen LogP contribution in [0, 0.1) is 0 Å². The number of nitrogens with zero attached hydrogens (tertiary/aromatic N) is 2. The van der Waals surface area contributed by atoms with Gasteiger partial charge in [-0.05, 0) is 12.1 Å². The molecule has 0 amide bonds. The van der Waals surface area contributed by atoms with Crippen LogP contribution in [0.4, 0.5) is 0 Å². The smallest absolute Gasteiger partial charge is 0.130 e. The third-order valence-electron chi connectivity index (χ3n) is 1.64. The Hall–Kier alpha value is -1.38. The van der Waals surface area contributed by atoms with Gasteiger partial charge >= 0.3 is 0 Å². The van der Waals surface area contributed by atoms with Gasteiger partial charge < -0.3 is 4.84 Å². The average molecular weight is 148 g/mol. The lowest BCUT2D eigenvalue weighted by molar-refractivity contribution is 0.166. The van der Waals surface area contributed by atoms with E-state index in [0.717, 1.165) is 5.69 Å². The molecule has 2 rings (SSSR count). The van der Waals surface area contributed by atoms with Crippen LogP contribution in [0.25, 0.3) is 0 Å². The zero-order chi connectivity index (χ0) is 7.52. The third kappa shape index (κ3) is 1.22. The minimum Gasteiger partial charge on any atom is -0.395 e. The van der Waals surface area contributed by atoms with Gasteiger partial charge in [-0.2, -0.15) is 0 Å². The lowest BCUT2D eigenvalue weighted by atomic mass is 10.1. The molecule has 0 spiro atoms. The number of hydrogen-bond donors (Lipinski definition) is 0. The zero-order valence-electron chi connectivity index (χ0n) is 5.97. The van der Waals surface area contributed by atoms with Crippen molar-refractivity contribution < 1.29 is 4.84 Å². The summed E-state index contributed by atoms with van der Waals surface area (Å²) in [6, 6.07) is 5.84. The van der Waals surface area contributed by atoms with E-state index in [1.807, 2.05) is 18.2 Å². The quantitative estimate of drug-likeness (QED) is 0.599. The summed E-state index contributed by atoms with van der Waals surface area (Å²) in [4.78, 5) is 9.03. The van der Waals surface area contributed by atoms with Crippen LogP contribution in [-0.4, -0.2) is 17.8 Å². The Kier molecular flexibility index (Phi) is 1.55. The Morgan fingerprint density at radius 3 is 3.09 bits per heavy atom. The molecule has 0 radical (unpaired) electrons. The van der Waals surface area contributed by atoms with E-state index in [-0.39, 0.29) is 5.92 Å². The van der Waals surface area contributed by atoms with Crippen molar-refractivity contribution in [3.8, 4) is 0 Å². The Bertz CT molecular complexity index is 258. The van der Waals surface area contributed by atoms with E-state index in [0.29, 0.717) is 6.61 Å². The number of oxime groups is 1. The maximum Gasteiger partial charge on any atom is 0.130 e. The molecule has 1 aromatic rings. The van der Waals surface area contributed by atoms with Crippen LogP contribution in [0.15, 0.2) is 29.6 Å². The zero-order valence-corrected chi connectivity index (χ0v) is 5.97. The van der Waals surface area contributed by atoms with Gasteiger partial charge in [0.2, 0.25) is 0 Å². The highest BCUT2D eigenvalue weighted by molar-refractivity contribution is 5.67. The van der Waals surface area contributed by atoms with Gasteiger partial charge in [-0.1, -0.05) is 11.2 Å². The maximum atomic E-state index is 4.84. The molecule has 1 aromatic heterocycles. The topological polar surface area (TPSA) is 34.5 Å². The Morgan fingerprint density at radius 1 is 1.45 bits per heavy atom. The van der Waals surface area contributed by atoms with Gasteiger partial charge in [-0.15, -0.1) is 0 Å². The predicted molar refractivity (Wildman–Crippen MR) is 41.4 cm³/mol. The molecular weight excluding hydrogens is 140 g/mol. The Morgan fingerprint density at radius 2 is 2.45 bits per heavy atom. The van der Waals surface area contributed by atoms with Crippen LogP contribution in [0.1, 0.15) is 11.6 Å². The van der Waals surface area contributed by atoms with Gasteiger partial charge in [0.1, 0.15) is 6.61 Å². The van der Waals surface area contributed by atoms with Crippen molar-refractivity contribution in [3.63, 3.8) is 0 Å². The molecule has 1 unspecified atom stereocenters.